The summed E-state index contributed by atoms with van der Waals surface area (Å²) in [6.45, 7) is 0. The number of hydrogen-bond acceptors (Lipinski definition) is 2. The van der Waals surface area contributed by atoms with Crippen molar-refractivity contribution in [3.8, 4) is 11.5 Å². The van der Waals surface area contributed by atoms with E-state index >= 15 is 35.1 Å². The molecule has 8 aromatic rings. The number of aromatic hydroxyl groups is 1. The van der Waals surface area contributed by atoms with E-state index in [2.05, 4.69) is 72.8 Å². The highest BCUT2D eigenvalue weighted by Gasteiger charge is 2.53. The quantitative estimate of drug-likeness (QED) is 0.0513. The molecule has 372 valence electrons. The Labute approximate surface area is 391 Å². The van der Waals surface area contributed by atoms with Gasteiger partial charge in [-0.05, 0) is 60.7 Å². The summed E-state index contributed by atoms with van der Waals surface area (Å²) >= 11 is 0. The number of phenols is 1. The van der Waals surface area contributed by atoms with Gasteiger partial charge >= 0.3 is 0 Å². The Kier molecular flexibility index (Phi) is 14.5. The molecule has 0 saturated carbocycles. The summed E-state index contributed by atoms with van der Waals surface area (Å²) in [6.07, 6.45) is -7.22. The fourth-order valence-corrected chi connectivity index (χ4v) is 11.5. The molecule has 0 amide bonds. The fourth-order valence-electron chi connectivity index (χ4n) is 8.06. The van der Waals surface area contributed by atoms with E-state index in [1.54, 1.807) is 12.1 Å². The van der Waals surface area contributed by atoms with Gasteiger partial charge in [-0.25, -0.2) is 87.8 Å². The van der Waals surface area contributed by atoms with Crippen LogP contribution < -0.4 is 42.3 Å². The van der Waals surface area contributed by atoms with Crippen LogP contribution in [0, 0.1) is 116 Å². The van der Waals surface area contributed by atoms with Crippen molar-refractivity contribution in [3.05, 3.63) is 232 Å². The third-order valence-corrected chi connectivity index (χ3v) is 14.7. The number of hydrogen-bond donors (Lipinski definition) is 1. The highest BCUT2D eigenvalue weighted by Crippen LogP contribution is 2.56. The Morgan fingerprint density at radius 1 is 0.264 bits per heavy atom. The molecule has 1 N–H and O–H groups in total. The van der Waals surface area contributed by atoms with Gasteiger partial charge in [0.1, 0.15) is 74.3 Å². The van der Waals surface area contributed by atoms with Crippen LogP contribution in [-0.2, 0) is 0 Å². The molecule has 0 fully saturated rings. The van der Waals surface area contributed by atoms with Crippen molar-refractivity contribution >= 4 is 51.4 Å². The largest absolute Gasteiger partial charge is 0.508 e. The molecule has 0 aromatic heterocycles. The molecular formula is C48H20BF20O2P. The molecule has 0 bridgehead atoms. The van der Waals surface area contributed by atoms with Crippen molar-refractivity contribution in [1.29, 1.82) is 0 Å². The Morgan fingerprint density at radius 3 is 0.667 bits per heavy atom. The minimum Gasteiger partial charge on any atom is -0.508 e. The van der Waals surface area contributed by atoms with Crippen molar-refractivity contribution in [2.75, 3.05) is 0 Å². The van der Waals surface area contributed by atoms with Gasteiger partial charge in [-0.3, -0.25) is 0 Å². The van der Waals surface area contributed by atoms with Crippen molar-refractivity contribution < 1.29 is 97.4 Å². The summed E-state index contributed by atoms with van der Waals surface area (Å²) in [5.41, 5.74) is -14.3. The first-order chi connectivity index (χ1) is 34.0. The zero-order valence-electron chi connectivity index (χ0n) is 34.9. The molecule has 24 heteroatoms. The number of phenolic OH excluding ortho intramolecular Hbond substituents is 1. The smallest absolute Gasteiger partial charge is 0.287 e. The van der Waals surface area contributed by atoms with Crippen LogP contribution in [0.1, 0.15) is 0 Å². The van der Waals surface area contributed by atoms with Gasteiger partial charge in [-0.2, -0.15) is 0 Å². The van der Waals surface area contributed by atoms with Gasteiger partial charge in [0.2, 0.25) is 0 Å². The predicted octanol–water partition coefficient (Wildman–Crippen LogP) is 10.5. The fraction of sp³-hybridized carbons (Fsp3) is 0. The predicted molar refractivity (Wildman–Crippen MR) is 223 cm³/mol. The molecule has 0 spiro atoms. The lowest BCUT2D eigenvalue weighted by molar-refractivity contribution is 0.378. The molecule has 2 nitrogen and oxygen atoms in total. The molecule has 8 aromatic carbocycles. The van der Waals surface area contributed by atoms with Crippen LogP contribution in [0.4, 0.5) is 87.8 Å². The van der Waals surface area contributed by atoms with E-state index in [1.807, 2.05) is 30.3 Å². The molecule has 0 saturated heterocycles. The monoisotopic (exact) mass is 1050 g/mol. The second-order valence-corrected chi connectivity index (χ2v) is 18.0. The average molecular weight is 1050 g/mol. The molecule has 0 atom stereocenters. The van der Waals surface area contributed by atoms with Gasteiger partial charge in [0.25, 0.3) is 7.49 Å². The highest BCUT2D eigenvalue weighted by molar-refractivity contribution is 7.92. The van der Waals surface area contributed by atoms with Crippen molar-refractivity contribution in [3.63, 3.8) is 0 Å². The third-order valence-electron chi connectivity index (χ3n) is 11.1. The summed E-state index contributed by atoms with van der Waals surface area (Å²) in [5, 5.41) is 13.1. The van der Waals surface area contributed by atoms with Gasteiger partial charge < -0.3 is 9.63 Å². The zero-order valence-corrected chi connectivity index (χ0v) is 35.8. The van der Waals surface area contributed by atoms with E-state index in [1.165, 1.54) is 0 Å². The second kappa shape index (κ2) is 19.9. The number of rotatable bonds is 9. The summed E-state index contributed by atoms with van der Waals surface area (Å²) in [7, 11) is -2.37. The minimum absolute atomic E-state index is 0.227. The van der Waals surface area contributed by atoms with Crippen molar-refractivity contribution in [2.45, 2.75) is 0 Å². The third kappa shape index (κ3) is 8.21. The first-order valence-electron chi connectivity index (χ1n) is 19.8. The van der Waals surface area contributed by atoms with Crippen molar-refractivity contribution in [1.82, 2.24) is 0 Å². The first-order valence-corrected chi connectivity index (χ1v) is 21.5. The van der Waals surface area contributed by atoms with Crippen LogP contribution in [0.25, 0.3) is 0 Å². The molecule has 0 aliphatic carbocycles. The maximum absolute atomic E-state index is 15.4. The van der Waals surface area contributed by atoms with E-state index < -0.39 is 152 Å². The van der Waals surface area contributed by atoms with Gasteiger partial charge in [0.15, 0.2) is 75.6 Å². The van der Waals surface area contributed by atoms with E-state index in [4.69, 9.17) is 4.52 Å². The molecule has 0 radical (unpaired) electrons. The second-order valence-electron chi connectivity index (χ2n) is 15.0. The molecule has 0 aliphatic heterocycles. The molecule has 0 unspecified atom stereocenters. The maximum Gasteiger partial charge on any atom is 0.287 e. The first kappa shape index (κ1) is 52.3. The molecule has 0 heterocycles. The Bertz CT molecular complexity index is 2910. The molecular weight excluding hydrogens is 1030 g/mol. The summed E-state index contributed by atoms with van der Waals surface area (Å²) in [5.74, 6) is -70.4. The number of benzene rings is 8. The summed E-state index contributed by atoms with van der Waals surface area (Å²) < 4.78 is 301. The van der Waals surface area contributed by atoms with Crippen molar-refractivity contribution in [2.24, 2.45) is 0 Å². The zero-order chi connectivity index (χ0) is 52.9. The number of halogens is 20. The van der Waals surface area contributed by atoms with Crippen LogP contribution in [0.2, 0.25) is 0 Å². The van der Waals surface area contributed by atoms with Crippen LogP contribution >= 0.6 is 7.49 Å². The lowest BCUT2D eigenvalue weighted by atomic mass is 9.12. The standard InChI is InChI=1S/C24BF20.C24H19O2P/c26-5-1(6(27)14(35)21(42)13(5)34)25(2-7(28)15(36)22(43)16(37)8(2)29,3-9(30)17(38)23(44)18(39)10(3)31)4-11(32)19(40)24(45)20(41)12(4)33;25-20-16-18-21(19-17-20)26-27(22-10-4-1-5-11-22,23-12-6-2-7-13-23)24-14-8-3-9-15-24/h;1-19H/q-1;/p+1. The van der Waals surface area contributed by atoms with Crippen LogP contribution in [0.5, 0.6) is 11.5 Å². The van der Waals surface area contributed by atoms with Crippen LogP contribution in [0.3, 0.4) is 0 Å². The lowest BCUT2D eigenvalue weighted by Gasteiger charge is -2.44. The summed E-state index contributed by atoms with van der Waals surface area (Å²) in [4.78, 5) is 0. The maximum atomic E-state index is 15.4. The average Bonchev–Trinajstić information content (AvgIpc) is 3.39. The van der Waals surface area contributed by atoms with E-state index in [0.717, 1.165) is 21.7 Å². The van der Waals surface area contributed by atoms with Crippen LogP contribution in [0.15, 0.2) is 115 Å². The van der Waals surface area contributed by atoms with Gasteiger partial charge in [0, 0.05) is 0 Å². The van der Waals surface area contributed by atoms with Gasteiger partial charge in [-0.15, -0.1) is 21.9 Å². The molecule has 0 aliphatic rings. The molecule has 8 rings (SSSR count). The molecule has 72 heavy (non-hydrogen) atoms. The highest BCUT2D eigenvalue weighted by atomic mass is 31.2. The van der Waals surface area contributed by atoms with E-state index in [0.29, 0.717) is 0 Å². The van der Waals surface area contributed by atoms with Gasteiger partial charge in [-0.1, -0.05) is 54.6 Å². The lowest BCUT2D eigenvalue weighted by Crippen LogP contribution is -2.81. The Hall–Kier alpha value is -7.55. The van der Waals surface area contributed by atoms with E-state index in [-0.39, 0.29) is 5.75 Å². The Morgan fingerprint density at radius 2 is 0.458 bits per heavy atom. The van der Waals surface area contributed by atoms with Gasteiger partial charge in [0.05, 0.1) is 0 Å². The topological polar surface area (TPSA) is 29.5 Å². The van der Waals surface area contributed by atoms with Crippen LogP contribution in [-0.4, -0.2) is 11.3 Å². The Balaban J connectivity index is 0.000000238. The normalized spacial score (nSPS) is 11.7. The van der Waals surface area contributed by atoms with E-state index in [9.17, 15) is 57.8 Å². The SMILES string of the molecule is Fc1c(F)c(F)c([B-](c2c(F)c(F)c(F)c(F)c2F)(c2c(F)c(F)c(F)c(F)c2F)c2c(F)c(F)c(F)c(F)c2F)c(F)c1F.Oc1ccc(O[P+](c2ccccc2)(c2ccccc2)c2ccccc2)cc1. The summed E-state index contributed by atoms with van der Waals surface area (Å²) in [6, 6.07) is 38.1. The minimum atomic E-state index is -7.22.